The molecule has 1 aliphatic carbocycles. The highest BCUT2D eigenvalue weighted by Crippen LogP contribution is 2.37. The first-order valence-electron chi connectivity index (χ1n) is 7.95. The van der Waals surface area contributed by atoms with Crippen LogP contribution >= 0.6 is 0 Å². The van der Waals surface area contributed by atoms with Crippen molar-refractivity contribution in [2.45, 2.75) is 45.5 Å². The van der Waals surface area contributed by atoms with E-state index in [2.05, 4.69) is 13.2 Å². The molecule has 0 amide bonds. The number of aliphatic hydroxyl groups excluding tert-OH is 1. The zero-order chi connectivity index (χ0) is 18.9. The quantitative estimate of drug-likeness (QED) is 0.606. The molecule has 2 aliphatic rings. The summed E-state index contributed by atoms with van der Waals surface area (Å²) in [5.74, 6) is -2.27. The zero-order valence-corrected chi connectivity index (χ0v) is 14.6. The van der Waals surface area contributed by atoms with Gasteiger partial charge in [0.2, 0.25) is 0 Å². The van der Waals surface area contributed by atoms with E-state index in [0.29, 0.717) is 11.1 Å². The Balaban J connectivity index is 2.50. The van der Waals surface area contributed by atoms with Crippen molar-refractivity contribution < 1.29 is 29.0 Å². The van der Waals surface area contributed by atoms with E-state index in [1.54, 1.807) is 13.8 Å². The maximum absolute atomic E-state index is 12.0. The van der Waals surface area contributed by atoms with Gasteiger partial charge in [0, 0.05) is 17.6 Å². The molecule has 1 fully saturated rings. The van der Waals surface area contributed by atoms with E-state index < -0.39 is 36.2 Å². The number of carbonyl (C=O) groups excluding carboxylic acids is 3. The van der Waals surface area contributed by atoms with Crippen LogP contribution in [0.2, 0.25) is 0 Å². The van der Waals surface area contributed by atoms with E-state index >= 15 is 0 Å². The number of ether oxygens (including phenoxy) is 2. The van der Waals surface area contributed by atoms with Crippen molar-refractivity contribution in [2.75, 3.05) is 0 Å². The fraction of sp³-hybridized carbons (Fsp3) is 0.421. The molecule has 1 aliphatic heterocycles. The second kappa shape index (κ2) is 7.19. The summed E-state index contributed by atoms with van der Waals surface area (Å²) in [6.07, 6.45) is -0.0503. The first-order chi connectivity index (χ1) is 11.6. The summed E-state index contributed by atoms with van der Waals surface area (Å²) in [4.78, 5) is 36.0. The Morgan fingerprint density at radius 1 is 1.32 bits per heavy atom. The van der Waals surface area contributed by atoms with Crippen molar-refractivity contribution in [3.8, 4) is 0 Å². The van der Waals surface area contributed by atoms with Gasteiger partial charge in [-0.1, -0.05) is 18.7 Å². The molecule has 25 heavy (non-hydrogen) atoms. The predicted octanol–water partition coefficient (Wildman–Crippen LogP) is 1.80. The minimum absolute atomic E-state index is 0.135. The monoisotopic (exact) mass is 346 g/mol. The lowest BCUT2D eigenvalue weighted by Gasteiger charge is -2.30. The summed E-state index contributed by atoms with van der Waals surface area (Å²) in [5, 5.41) is 10.5. The summed E-state index contributed by atoms with van der Waals surface area (Å²) >= 11 is 0. The van der Waals surface area contributed by atoms with Crippen molar-refractivity contribution in [1.29, 1.82) is 0 Å². The van der Waals surface area contributed by atoms with Gasteiger partial charge in [0.25, 0.3) is 0 Å². The summed E-state index contributed by atoms with van der Waals surface area (Å²) in [5.41, 5.74) is 1.38. The fourth-order valence-electron chi connectivity index (χ4n) is 3.01. The number of rotatable bonds is 2. The highest BCUT2D eigenvalue weighted by Gasteiger charge is 2.48. The van der Waals surface area contributed by atoms with Crippen LogP contribution in [0.15, 0.2) is 47.6 Å². The molecule has 0 aromatic carbocycles. The van der Waals surface area contributed by atoms with E-state index in [0.717, 1.165) is 0 Å². The van der Waals surface area contributed by atoms with E-state index in [-0.39, 0.29) is 23.4 Å². The number of hydrogen-bond acceptors (Lipinski definition) is 6. The molecule has 6 heteroatoms. The molecule has 134 valence electrons. The summed E-state index contributed by atoms with van der Waals surface area (Å²) in [7, 11) is 0. The summed E-state index contributed by atoms with van der Waals surface area (Å²) < 4.78 is 10.8. The van der Waals surface area contributed by atoms with E-state index in [9.17, 15) is 19.5 Å². The highest BCUT2D eigenvalue weighted by atomic mass is 16.6. The van der Waals surface area contributed by atoms with Gasteiger partial charge in [0.15, 0.2) is 5.78 Å². The van der Waals surface area contributed by atoms with Crippen LogP contribution in [0.4, 0.5) is 0 Å². The van der Waals surface area contributed by atoms with Crippen LogP contribution in [0.1, 0.15) is 27.2 Å². The zero-order valence-electron chi connectivity index (χ0n) is 14.6. The minimum atomic E-state index is -1.20. The third-order valence-electron chi connectivity index (χ3n) is 4.33. The largest absolute Gasteiger partial charge is 0.458 e. The van der Waals surface area contributed by atoms with Gasteiger partial charge in [-0.3, -0.25) is 4.79 Å². The van der Waals surface area contributed by atoms with Crippen LogP contribution in [0, 0.1) is 5.92 Å². The Hall–Kier alpha value is -2.47. The number of ketones is 1. The molecule has 0 bridgehead atoms. The molecule has 1 heterocycles. The molecule has 4 atom stereocenters. The van der Waals surface area contributed by atoms with Gasteiger partial charge < -0.3 is 14.6 Å². The van der Waals surface area contributed by atoms with Gasteiger partial charge in [-0.25, -0.2) is 9.59 Å². The SMILES string of the molecule is C=C(C)C(=O)O[C@H]1C/C(C)=C\C(=O)/C=C(/C)[C@H](O)[C@H]2OC(=O)C(=C)[C@@H]21. The van der Waals surface area contributed by atoms with Crippen LogP contribution in [0.25, 0.3) is 0 Å². The maximum atomic E-state index is 12.0. The Kier molecular flexibility index (Phi) is 5.42. The molecule has 0 aromatic rings. The topological polar surface area (TPSA) is 89.9 Å². The van der Waals surface area contributed by atoms with Crippen molar-refractivity contribution in [3.63, 3.8) is 0 Å². The van der Waals surface area contributed by atoms with Gasteiger partial charge >= 0.3 is 11.9 Å². The Morgan fingerprint density at radius 2 is 1.96 bits per heavy atom. The van der Waals surface area contributed by atoms with E-state index in [4.69, 9.17) is 9.47 Å². The number of allylic oxidation sites excluding steroid dienone is 2. The molecule has 0 saturated carbocycles. The number of fused-ring (bicyclic) bond motifs is 1. The van der Waals surface area contributed by atoms with Crippen molar-refractivity contribution in [3.05, 3.63) is 47.6 Å². The molecule has 0 spiro atoms. The number of carbonyl (C=O) groups is 3. The van der Waals surface area contributed by atoms with Gasteiger partial charge in [0.05, 0.1) is 5.92 Å². The van der Waals surface area contributed by atoms with Gasteiger partial charge in [-0.05, 0) is 38.5 Å². The van der Waals surface area contributed by atoms with Gasteiger partial charge in [-0.2, -0.15) is 0 Å². The molecule has 1 saturated heterocycles. The highest BCUT2D eigenvalue weighted by molar-refractivity contribution is 6.00. The first-order valence-corrected chi connectivity index (χ1v) is 7.95. The molecule has 0 aromatic heterocycles. The van der Waals surface area contributed by atoms with Crippen LogP contribution < -0.4 is 0 Å². The van der Waals surface area contributed by atoms with Gasteiger partial charge in [0.1, 0.15) is 18.3 Å². The molecular formula is C19H22O6. The molecule has 2 rings (SSSR count). The van der Waals surface area contributed by atoms with Crippen LogP contribution in [-0.4, -0.2) is 41.1 Å². The lowest BCUT2D eigenvalue weighted by atomic mass is 9.83. The predicted molar refractivity (Wildman–Crippen MR) is 90.3 cm³/mol. The summed E-state index contributed by atoms with van der Waals surface area (Å²) in [6, 6.07) is 0. The number of hydrogen-bond donors (Lipinski definition) is 1. The number of aliphatic hydroxyl groups is 1. The first kappa shape index (κ1) is 18.9. The smallest absolute Gasteiger partial charge is 0.334 e. The minimum Gasteiger partial charge on any atom is -0.458 e. The lowest BCUT2D eigenvalue weighted by molar-refractivity contribution is -0.150. The Bertz CT molecular complexity index is 711. The molecule has 6 nitrogen and oxygen atoms in total. The van der Waals surface area contributed by atoms with E-state index in [1.165, 1.54) is 19.1 Å². The second-order valence-electron chi connectivity index (χ2n) is 6.58. The normalized spacial score (nSPS) is 34.2. The average molecular weight is 346 g/mol. The summed E-state index contributed by atoms with van der Waals surface area (Å²) in [6.45, 7) is 12.1. The van der Waals surface area contributed by atoms with Crippen molar-refractivity contribution in [1.82, 2.24) is 0 Å². The third kappa shape index (κ3) is 3.96. The lowest BCUT2D eigenvalue weighted by Crippen LogP contribution is -2.41. The van der Waals surface area contributed by atoms with E-state index in [1.807, 2.05) is 0 Å². The Morgan fingerprint density at radius 3 is 2.56 bits per heavy atom. The van der Waals surface area contributed by atoms with Crippen molar-refractivity contribution in [2.24, 2.45) is 5.92 Å². The average Bonchev–Trinajstić information content (AvgIpc) is 2.80. The molecule has 1 N–H and O–H groups in total. The van der Waals surface area contributed by atoms with Crippen LogP contribution in [-0.2, 0) is 23.9 Å². The molecule has 0 radical (unpaired) electrons. The standard InChI is InChI=1S/C19H22O6/c1-9(2)18(22)24-14-7-10(3)6-13(20)8-11(4)16(21)17-15(14)12(5)19(23)25-17/h6,8,14-17,21H,1,5,7H2,2-4H3/b10-6-,11-8-/t14-,15+,16-,17-/m0/s1. The van der Waals surface area contributed by atoms with Crippen molar-refractivity contribution >= 4 is 17.7 Å². The van der Waals surface area contributed by atoms with Gasteiger partial charge in [-0.15, -0.1) is 0 Å². The fourth-order valence-corrected chi connectivity index (χ4v) is 3.01. The Labute approximate surface area is 146 Å². The molecule has 0 unspecified atom stereocenters. The second-order valence-corrected chi connectivity index (χ2v) is 6.58. The maximum Gasteiger partial charge on any atom is 0.334 e. The molecular weight excluding hydrogens is 324 g/mol. The van der Waals surface area contributed by atoms with Crippen LogP contribution in [0.5, 0.6) is 0 Å². The van der Waals surface area contributed by atoms with Crippen LogP contribution in [0.3, 0.4) is 0 Å². The third-order valence-corrected chi connectivity index (χ3v) is 4.33. The number of esters is 2.